The molecule has 4 nitrogen and oxygen atoms in total. The summed E-state index contributed by atoms with van der Waals surface area (Å²) in [5, 5.41) is 4.60. The highest BCUT2D eigenvalue weighted by Crippen LogP contribution is 2.36. The maximum Gasteiger partial charge on any atom is 0.418 e. The Bertz CT molecular complexity index is 709. The zero-order valence-electron chi connectivity index (χ0n) is 13.1. The lowest BCUT2D eigenvalue weighted by molar-refractivity contribution is -0.136. The number of urea groups is 1. The Kier molecular flexibility index (Phi) is 6.52. The van der Waals surface area contributed by atoms with Gasteiger partial charge in [-0.2, -0.15) is 13.2 Å². The van der Waals surface area contributed by atoms with Crippen LogP contribution in [0.15, 0.2) is 48.5 Å². The van der Waals surface area contributed by atoms with Gasteiger partial charge in [-0.3, -0.25) is 0 Å². The lowest BCUT2D eigenvalue weighted by Crippen LogP contribution is -2.31. The number of rotatable bonds is 6. The van der Waals surface area contributed by atoms with E-state index in [0.29, 0.717) is 18.8 Å². The predicted octanol–water partition coefficient (Wildman–Crippen LogP) is 4.95. The van der Waals surface area contributed by atoms with Gasteiger partial charge in [-0.1, -0.05) is 29.8 Å². The molecule has 8 heteroatoms. The summed E-state index contributed by atoms with van der Waals surface area (Å²) < 4.78 is 44.3. The standard InChI is InChI=1S/C17H16ClF3N2O2/c18-12-7-8-15(14(11-12)17(19,20)21)23-16(24)22-9-4-10-25-13-5-2-1-3-6-13/h1-3,5-8,11H,4,9-10H2,(H2,22,23,24). The van der Waals surface area contributed by atoms with Gasteiger partial charge in [0.2, 0.25) is 0 Å². The normalized spacial score (nSPS) is 11.0. The van der Waals surface area contributed by atoms with Gasteiger partial charge < -0.3 is 15.4 Å². The zero-order valence-corrected chi connectivity index (χ0v) is 13.8. The summed E-state index contributed by atoms with van der Waals surface area (Å²) in [6.07, 6.45) is -4.11. The highest BCUT2D eigenvalue weighted by Gasteiger charge is 2.34. The Morgan fingerprint density at radius 1 is 1.12 bits per heavy atom. The third kappa shape index (κ3) is 6.19. The number of benzene rings is 2. The van der Waals surface area contributed by atoms with E-state index in [9.17, 15) is 18.0 Å². The van der Waals surface area contributed by atoms with E-state index in [1.54, 1.807) is 12.1 Å². The number of hydrogen-bond donors (Lipinski definition) is 2. The average Bonchev–Trinajstić information content (AvgIpc) is 2.56. The molecule has 0 spiro atoms. The van der Waals surface area contributed by atoms with E-state index in [4.69, 9.17) is 16.3 Å². The van der Waals surface area contributed by atoms with Crippen LogP contribution in [0.4, 0.5) is 23.7 Å². The van der Waals surface area contributed by atoms with Gasteiger partial charge in [0.25, 0.3) is 0 Å². The molecule has 0 radical (unpaired) electrons. The van der Waals surface area contributed by atoms with E-state index in [1.165, 1.54) is 6.07 Å². The highest BCUT2D eigenvalue weighted by molar-refractivity contribution is 6.30. The van der Waals surface area contributed by atoms with Crippen LogP contribution in [0.2, 0.25) is 5.02 Å². The molecular formula is C17H16ClF3N2O2. The van der Waals surface area contributed by atoms with Gasteiger partial charge >= 0.3 is 12.2 Å². The van der Waals surface area contributed by atoms with E-state index in [-0.39, 0.29) is 17.3 Å². The van der Waals surface area contributed by atoms with Crippen LogP contribution in [-0.4, -0.2) is 19.2 Å². The molecule has 0 heterocycles. The maximum atomic E-state index is 12.9. The summed E-state index contributed by atoms with van der Waals surface area (Å²) in [6.45, 7) is 0.632. The zero-order chi connectivity index (χ0) is 18.3. The number of para-hydroxylation sites is 1. The van der Waals surface area contributed by atoms with Gasteiger partial charge in [-0.15, -0.1) is 0 Å². The Morgan fingerprint density at radius 2 is 1.84 bits per heavy atom. The lowest BCUT2D eigenvalue weighted by Gasteiger charge is -2.14. The molecule has 2 aromatic carbocycles. The minimum Gasteiger partial charge on any atom is -0.494 e. The van der Waals surface area contributed by atoms with Gasteiger partial charge in [0.1, 0.15) is 5.75 Å². The summed E-state index contributed by atoms with van der Waals surface area (Å²) in [5.41, 5.74) is -1.35. The van der Waals surface area contributed by atoms with Crippen molar-refractivity contribution < 1.29 is 22.7 Å². The largest absolute Gasteiger partial charge is 0.494 e. The van der Waals surface area contributed by atoms with Crippen molar-refractivity contribution in [2.24, 2.45) is 0 Å². The third-order valence-corrected chi connectivity index (χ3v) is 3.39. The van der Waals surface area contributed by atoms with Crippen LogP contribution < -0.4 is 15.4 Å². The summed E-state index contributed by atoms with van der Waals surface area (Å²) in [5.74, 6) is 0.711. The monoisotopic (exact) mass is 372 g/mol. The number of carbonyl (C=O) groups is 1. The van der Waals surface area contributed by atoms with Crippen molar-refractivity contribution in [3.8, 4) is 5.75 Å². The molecule has 0 aliphatic carbocycles. The van der Waals surface area contributed by atoms with Crippen LogP contribution in [-0.2, 0) is 6.18 Å². The number of ether oxygens (including phenoxy) is 1. The number of anilines is 1. The maximum absolute atomic E-state index is 12.9. The fourth-order valence-corrected chi connectivity index (χ4v) is 2.18. The SMILES string of the molecule is O=C(NCCCOc1ccccc1)Nc1ccc(Cl)cc1C(F)(F)F. The van der Waals surface area contributed by atoms with Gasteiger partial charge in [0.05, 0.1) is 17.9 Å². The molecule has 2 rings (SSSR count). The highest BCUT2D eigenvalue weighted by atomic mass is 35.5. The molecular weight excluding hydrogens is 357 g/mol. The van der Waals surface area contributed by atoms with Crippen molar-refractivity contribution in [2.45, 2.75) is 12.6 Å². The first-order chi connectivity index (χ1) is 11.9. The molecule has 25 heavy (non-hydrogen) atoms. The van der Waals surface area contributed by atoms with Gasteiger partial charge in [0, 0.05) is 11.6 Å². The van der Waals surface area contributed by atoms with Crippen molar-refractivity contribution in [2.75, 3.05) is 18.5 Å². The number of halogens is 4. The number of hydrogen-bond acceptors (Lipinski definition) is 2. The molecule has 2 aromatic rings. The molecule has 0 aliphatic rings. The molecule has 0 unspecified atom stereocenters. The average molecular weight is 373 g/mol. The first-order valence-electron chi connectivity index (χ1n) is 7.46. The van der Waals surface area contributed by atoms with E-state index in [0.717, 1.165) is 12.1 Å². The van der Waals surface area contributed by atoms with Crippen LogP contribution in [0, 0.1) is 0 Å². The van der Waals surface area contributed by atoms with E-state index in [1.807, 2.05) is 18.2 Å². The Balaban J connectivity index is 1.79. The number of nitrogens with one attached hydrogen (secondary N) is 2. The minimum absolute atomic E-state index is 0.0589. The van der Waals surface area contributed by atoms with Crippen LogP contribution in [0.5, 0.6) is 5.75 Å². The molecule has 0 aromatic heterocycles. The van der Waals surface area contributed by atoms with Crippen LogP contribution in [0.25, 0.3) is 0 Å². The topological polar surface area (TPSA) is 50.4 Å². The Labute approximate surface area is 147 Å². The molecule has 0 bridgehead atoms. The van der Waals surface area contributed by atoms with Crippen molar-refractivity contribution in [1.82, 2.24) is 5.32 Å². The molecule has 134 valence electrons. The summed E-state index contributed by atoms with van der Waals surface area (Å²) in [4.78, 5) is 11.7. The molecule has 2 amide bonds. The predicted molar refractivity (Wildman–Crippen MR) is 90.0 cm³/mol. The minimum atomic E-state index is -4.61. The van der Waals surface area contributed by atoms with Crippen molar-refractivity contribution in [3.63, 3.8) is 0 Å². The first-order valence-corrected chi connectivity index (χ1v) is 7.83. The number of alkyl halides is 3. The summed E-state index contributed by atoms with van der Waals surface area (Å²) in [6, 6.07) is 11.6. The molecule has 2 N–H and O–H groups in total. The van der Waals surface area contributed by atoms with Crippen molar-refractivity contribution >= 4 is 23.3 Å². The Morgan fingerprint density at radius 3 is 2.52 bits per heavy atom. The molecule has 0 fully saturated rings. The van der Waals surface area contributed by atoms with Crippen molar-refractivity contribution in [1.29, 1.82) is 0 Å². The fraction of sp³-hybridized carbons (Fsp3) is 0.235. The molecule has 0 saturated carbocycles. The van der Waals surface area contributed by atoms with Gasteiger partial charge in [-0.25, -0.2) is 4.79 Å². The van der Waals surface area contributed by atoms with Crippen LogP contribution >= 0.6 is 11.6 Å². The first kappa shape index (κ1) is 18.9. The fourth-order valence-electron chi connectivity index (χ4n) is 2.01. The van der Waals surface area contributed by atoms with Crippen molar-refractivity contribution in [3.05, 3.63) is 59.1 Å². The number of carbonyl (C=O) groups excluding carboxylic acids is 1. The summed E-state index contributed by atoms with van der Waals surface area (Å²) >= 11 is 5.59. The molecule has 0 saturated heterocycles. The quantitative estimate of drug-likeness (QED) is 0.705. The lowest BCUT2D eigenvalue weighted by atomic mass is 10.1. The van der Waals surface area contributed by atoms with Gasteiger partial charge in [0.15, 0.2) is 0 Å². The Hall–Kier alpha value is -2.41. The third-order valence-electron chi connectivity index (χ3n) is 3.15. The van der Waals surface area contributed by atoms with E-state index in [2.05, 4.69) is 10.6 Å². The van der Waals surface area contributed by atoms with E-state index < -0.39 is 17.8 Å². The van der Waals surface area contributed by atoms with E-state index >= 15 is 0 Å². The van der Waals surface area contributed by atoms with Gasteiger partial charge in [-0.05, 0) is 36.8 Å². The second kappa shape index (κ2) is 8.62. The second-order valence-electron chi connectivity index (χ2n) is 5.08. The molecule has 0 aliphatic heterocycles. The smallest absolute Gasteiger partial charge is 0.418 e. The van der Waals surface area contributed by atoms with Crippen LogP contribution in [0.1, 0.15) is 12.0 Å². The number of amides is 2. The summed E-state index contributed by atoms with van der Waals surface area (Å²) in [7, 11) is 0. The molecule has 0 atom stereocenters. The second-order valence-corrected chi connectivity index (χ2v) is 5.52. The van der Waals surface area contributed by atoms with Crippen LogP contribution in [0.3, 0.4) is 0 Å².